The highest BCUT2D eigenvalue weighted by Crippen LogP contribution is 2.32. The molecule has 0 unspecified atom stereocenters. The van der Waals surface area contributed by atoms with Crippen molar-refractivity contribution in [2.24, 2.45) is 5.14 Å². The SMILES string of the molecule is CCOc1ccc(-n2c(SCC(=O)Nc3ccc(S(N)(=O)=O)cc3)nnc2-c2ccccc2Cl)cc1. The third kappa shape index (κ3) is 6.05. The minimum absolute atomic E-state index is 0.0363. The standard InChI is InChI=1S/C24H22ClN5O4S2/c1-2-34-18-11-9-17(10-12-18)30-23(20-5-3-4-6-21(20)25)28-29-24(30)35-15-22(31)27-16-7-13-19(14-8-16)36(26,32)33/h3-14H,2,15H2,1H3,(H,27,31)(H2,26,32,33). The number of rotatable bonds is 9. The molecule has 186 valence electrons. The van der Waals surface area contributed by atoms with E-state index in [4.69, 9.17) is 21.5 Å². The van der Waals surface area contributed by atoms with Crippen LogP contribution in [0.2, 0.25) is 5.02 Å². The zero-order chi connectivity index (χ0) is 25.7. The average molecular weight is 544 g/mol. The monoisotopic (exact) mass is 543 g/mol. The average Bonchev–Trinajstić information content (AvgIpc) is 3.27. The van der Waals surface area contributed by atoms with Crippen molar-refractivity contribution in [1.82, 2.24) is 14.8 Å². The van der Waals surface area contributed by atoms with Crippen LogP contribution >= 0.6 is 23.4 Å². The molecule has 0 aliphatic carbocycles. The van der Waals surface area contributed by atoms with Crippen LogP contribution in [-0.4, -0.2) is 41.4 Å². The lowest BCUT2D eigenvalue weighted by Gasteiger charge is -2.12. The molecule has 9 nitrogen and oxygen atoms in total. The predicted molar refractivity (Wildman–Crippen MR) is 140 cm³/mol. The minimum Gasteiger partial charge on any atom is -0.494 e. The van der Waals surface area contributed by atoms with Gasteiger partial charge in [0.2, 0.25) is 15.9 Å². The normalized spacial score (nSPS) is 11.3. The summed E-state index contributed by atoms with van der Waals surface area (Å²) < 4.78 is 30.2. The molecular formula is C24H22ClN5O4S2. The summed E-state index contributed by atoms with van der Waals surface area (Å²) >= 11 is 7.63. The van der Waals surface area contributed by atoms with Crippen LogP contribution < -0.4 is 15.2 Å². The number of anilines is 1. The van der Waals surface area contributed by atoms with Crippen LogP contribution in [0.25, 0.3) is 17.1 Å². The molecule has 3 N–H and O–H groups in total. The van der Waals surface area contributed by atoms with Crippen LogP contribution in [0.1, 0.15) is 6.92 Å². The van der Waals surface area contributed by atoms with Gasteiger partial charge in [0.15, 0.2) is 11.0 Å². The molecule has 0 saturated heterocycles. The van der Waals surface area contributed by atoms with Gasteiger partial charge < -0.3 is 10.1 Å². The lowest BCUT2D eigenvalue weighted by Crippen LogP contribution is -2.15. The number of ether oxygens (including phenoxy) is 1. The molecule has 0 aliphatic rings. The second-order valence-electron chi connectivity index (χ2n) is 7.45. The summed E-state index contributed by atoms with van der Waals surface area (Å²) in [5.74, 6) is 1.00. The lowest BCUT2D eigenvalue weighted by molar-refractivity contribution is -0.113. The van der Waals surface area contributed by atoms with Gasteiger partial charge >= 0.3 is 0 Å². The summed E-state index contributed by atoms with van der Waals surface area (Å²) in [5.41, 5.74) is 1.92. The lowest BCUT2D eigenvalue weighted by atomic mass is 10.2. The van der Waals surface area contributed by atoms with Crippen molar-refractivity contribution in [1.29, 1.82) is 0 Å². The zero-order valence-electron chi connectivity index (χ0n) is 19.1. The number of hydrogen-bond acceptors (Lipinski definition) is 7. The highest BCUT2D eigenvalue weighted by atomic mass is 35.5. The first-order chi connectivity index (χ1) is 17.3. The van der Waals surface area contributed by atoms with Gasteiger partial charge in [-0.3, -0.25) is 9.36 Å². The van der Waals surface area contributed by atoms with Gasteiger partial charge in [-0.25, -0.2) is 13.6 Å². The van der Waals surface area contributed by atoms with Crippen LogP contribution in [0, 0.1) is 0 Å². The molecule has 3 aromatic carbocycles. The molecule has 0 atom stereocenters. The number of hydrogen-bond donors (Lipinski definition) is 2. The van der Waals surface area contributed by atoms with E-state index in [1.54, 1.807) is 6.07 Å². The van der Waals surface area contributed by atoms with E-state index < -0.39 is 10.0 Å². The maximum absolute atomic E-state index is 12.6. The van der Waals surface area contributed by atoms with Crippen molar-refractivity contribution in [2.45, 2.75) is 17.0 Å². The summed E-state index contributed by atoms with van der Waals surface area (Å²) in [6.07, 6.45) is 0. The maximum Gasteiger partial charge on any atom is 0.238 e. The van der Waals surface area contributed by atoms with E-state index in [-0.39, 0.29) is 16.6 Å². The fourth-order valence-corrected chi connectivity index (χ4v) is 4.81. The Balaban J connectivity index is 1.57. The topological polar surface area (TPSA) is 129 Å². The molecular weight excluding hydrogens is 522 g/mol. The van der Waals surface area contributed by atoms with Crippen LogP contribution in [0.3, 0.4) is 0 Å². The number of nitrogens with two attached hydrogens (primary N) is 1. The van der Waals surface area contributed by atoms with Crippen molar-refractivity contribution in [2.75, 3.05) is 17.7 Å². The number of aromatic nitrogens is 3. The van der Waals surface area contributed by atoms with Crippen LogP contribution in [0.5, 0.6) is 5.75 Å². The Labute approximate surface area is 217 Å². The highest BCUT2D eigenvalue weighted by Gasteiger charge is 2.19. The number of carbonyl (C=O) groups excluding carboxylic acids is 1. The van der Waals surface area contributed by atoms with Crippen LogP contribution in [0.15, 0.2) is 82.8 Å². The largest absolute Gasteiger partial charge is 0.494 e. The molecule has 4 aromatic rings. The van der Waals surface area contributed by atoms with Gasteiger partial charge in [-0.1, -0.05) is 35.5 Å². The van der Waals surface area contributed by atoms with Crippen molar-refractivity contribution >= 4 is 45.0 Å². The predicted octanol–water partition coefficient (Wildman–Crippen LogP) is 4.36. The van der Waals surface area contributed by atoms with Gasteiger partial charge in [0, 0.05) is 16.9 Å². The van der Waals surface area contributed by atoms with E-state index in [1.807, 2.05) is 54.0 Å². The van der Waals surface area contributed by atoms with E-state index in [1.165, 1.54) is 36.0 Å². The number of halogens is 1. The minimum atomic E-state index is -3.81. The third-order valence-corrected chi connectivity index (χ3v) is 7.14. The molecule has 36 heavy (non-hydrogen) atoms. The Morgan fingerprint density at radius 3 is 2.39 bits per heavy atom. The van der Waals surface area contributed by atoms with Gasteiger partial charge in [0.05, 0.1) is 22.3 Å². The number of sulfonamides is 1. The first-order valence-corrected chi connectivity index (χ1v) is 13.7. The summed E-state index contributed by atoms with van der Waals surface area (Å²) in [7, 11) is -3.81. The maximum atomic E-state index is 12.6. The van der Waals surface area contributed by atoms with Crippen LogP contribution in [-0.2, 0) is 14.8 Å². The number of carbonyl (C=O) groups is 1. The molecule has 12 heteroatoms. The van der Waals surface area contributed by atoms with E-state index >= 15 is 0 Å². The summed E-state index contributed by atoms with van der Waals surface area (Å²) in [5, 5.41) is 17.5. The number of primary sulfonamides is 1. The van der Waals surface area contributed by atoms with Crippen molar-refractivity contribution in [3.05, 3.63) is 77.8 Å². The van der Waals surface area contributed by atoms with E-state index in [0.29, 0.717) is 33.9 Å². The smallest absolute Gasteiger partial charge is 0.238 e. The molecule has 1 heterocycles. The fraction of sp³-hybridized carbons (Fsp3) is 0.125. The van der Waals surface area contributed by atoms with E-state index in [0.717, 1.165) is 11.4 Å². The summed E-state index contributed by atoms with van der Waals surface area (Å²) in [6.45, 7) is 2.47. The van der Waals surface area contributed by atoms with E-state index in [9.17, 15) is 13.2 Å². The van der Waals surface area contributed by atoms with Crippen molar-refractivity contribution in [3.63, 3.8) is 0 Å². The van der Waals surface area contributed by atoms with Crippen molar-refractivity contribution < 1.29 is 17.9 Å². The first kappa shape index (κ1) is 25.7. The second-order valence-corrected chi connectivity index (χ2v) is 10.4. The Morgan fingerprint density at radius 2 is 1.75 bits per heavy atom. The summed E-state index contributed by atoms with van der Waals surface area (Å²) in [4.78, 5) is 12.6. The molecule has 1 amide bonds. The number of amides is 1. The Morgan fingerprint density at radius 1 is 1.06 bits per heavy atom. The second kappa shape index (κ2) is 11.1. The number of benzene rings is 3. The molecule has 4 rings (SSSR count). The van der Waals surface area contributed by atoms with Gasteiger partial charge in [0.1, 0.15) is 5.75 Å². The Bertz CT molecular complexity index is 1470. The molecule has 0 bridgehead atoms. The van der Waals surface area contributed by atoms with Gasteiger partial charge in [-0.15, -0.1) is 10.2 Å². The third-order valence-electron chi connectivity index (χ3n) is 4.95. The van der Waals surface area contributed by atoms with Gasteiger partial charge in [0.25, 0.3) is 0 Å². The number of thioether (sulfide) groups is 1. The van der Waals surface area contributed by atoms with Crippen molar-refractivity contribution in [3.8, 4) is 22.8 Å². The molecule has 0 fully saturated rings. The Kier molecular flexibility index (Phi) is 7.94. The molecule has 0 spiro atoms. The van der Waals surface area contributed by atoms with E-state index in [2.05, 4.69) is 15.5 Å². The van der Waals surface area contributed by atoms with Crippen LogP contribution in [0.4, 0.5) is 5.69 Å². The highest BCUT2D eigenvalue weighted by molar-refractivity contribution is 7.99. The van der Waals surface area contributed by atoms with Gasteiger partial charge in [-0.2, -0.15) is 0 Å². The number of nitrogens with one attached hydrogen (secondary N) is 1. The number of nitrogens with zero attached hydrogens (tertiary/aromatic N) is 3. The molecule has 0 aliphatic heterocycles. The molecule has 0 saturated carbocycles. The molecule has 1 aromatic heterocycles. The Hall–Kier alpha value is -3.38. The fourth-order valence-electron chi connectivity index (χ4n) is 3.33. The summed E-state index contributed by atoms with van der Waals surface area (Å²) in [6, 6.07) is 20.4. The zero-order valence-corrected chi connectivity index (χ0v) is 21.5. The first-order valence-electron chi connectivity index (χ1n) is 10.8. The quantitative estimate of drug-likeness (QED) is 0.300. The van der Waals surface area contributed by atoms with Gasteiger partial charge in [-0.05, 0) is 67.6 Å². The molecule has 0 radical (unpaired) electrons.